The van der Waals surface area contributed by atoms with E-state index in [4.69, 9.17) is 5.11 Å². The van der Waals surface area contributed by atoms with Gasteiger partial charge in [-0.3, -0.25) is 0 Å². The zero-order valence-electron chi connectivity index (χ0n) is 8.94. The predicted molar refractivity (Wildman–Crippen MR) is 62.1 cm³/mol. The van der Waals surface area contributed by atoms with Gasteiger partial charge in [0.1, 0.15) is 0 Å². The Morgan fingerprint density at radius 1 is 1.19 bits per heavy atom. The van der Waals surface area contributed by atoms with Crippen molar-refractivity contribution in [2.75, 3.05) is 31.1 Å². The largest absolute Gasteiger partial charge is 0.478 e. The molecule has 1 fully saturated rings. The molecule has 1 aromatic rings. The third-order valence-corrected chi connectivity index (χ3v) is 2.60. The summed E-state index contributed by atoms with van der Waals surface area (Å²) in [5.41, 5.74) is 1.44. The molecule has 0 bridgehead atoms. The van der Waals surface area contributed by atoms with Crippen molar-refractivity contribution in [1.82, 2.24) is 5.32 Å². The quantitative estimate of drug-likeness (QED) is 0.738. The lowest BCUT2D eigenvalue weighted by Crippen LogP contribution is -2.43. The molecule has 16 heavy (non-hydrogen) atoms. The summed E-state index contributed by atoms with van der Waals surface area (Å²) in [7, 11) is 0. The van der Waals surface area contributed by atoms with E-state index in [1.54, 1.807) is 12.1 Å². The second-order valence-corrected chi connectivity index (χ2v) is 3.59. The number of nitrogens with one attached hydrogen (secondary N) is 1. The van der Waals surface area contributed by atoms with Crippen LogP contribution in [0.2, 0.25) is 0 Å². The van der Waals surface area contributed by atoms with Crippen LogP contribution in [0.15, 0.2) is 24.3 Å². The van der Waals surface area contributed by atoms with Crippen molar-refractivity contribution >= 4 is 11.7 Å². The molecule has 0 unspecified atom stereocenters. The summed E-state index contributed by atoms with van der Waals surface area (Å²) in [5.74, 6) is -0.873. The first-order chi connectivity index (χ1) is 7.27. The molecule has 0 atom stereocenters. The van der Waals surface area contributed by atoms with E-state index in [9.17, 15) is 4.79 Å². The number of benzene rings is 1. The Morgan fingerprint density at radius 2 is 1.75 bits per heavy atom. The maximum Gasteiger partial charge on any atom is 0.335 e. The molecule has 0 spiro atoms. The van der Waals surface area contributed by atoms with E-state index in [0.29, 0.717) is 5.56 Å². The molecule has 0 radical (unpaired) electrons. The van der Waals surface area contributed by atoms with Crippen molar-refractivity contribution in [3.63, 3.8) is 0 Å². The molecule has 5 nitrogen and oxygen atoms in total. The van der Waals surface area contributed by atoms with Crippen molar-refractivity contribution in [1.29, 1.82) is 0 Å². The molecule has 1 aliphatic heterocycles. The third kappa shape index (κ3) is 2.71. The number of piperazine rings is 1. The summed E-state index contributed by atoms with van der Waals surface area (Å²) in [5, 5.41) is 12.0. The van der Waals surface area contributed by atoms with Crippen LogP contribution < -0.4 is 10.2 Å². The smallest absolute Gasteiger partial charge is 0.335 e. The minimum atomic E-state index is -0.873. The number of hydrogen-bond acceptors (Lipinski definition) is 3. The normalized spacial score (nSPS) is 15.4. The Balaban J connectivity index is 0.00000128. The number of anilines is 1. The maximum absolute atomic E-state index is 10.7. The summed E-state index contributed by atoms with van der Waals surface area (Å²) >= 11 is 0. The highest BCUT2D eigenvalue weighted by Gasteiger charge is 2.10. The van der Waals surface area contributed by atoms with Crippen LogP contribution in [-0.4, -0.2) is 42.7 Å². The molecule has 1 aliphatic rings. The van der Waals surface area contributed by atoms with Gasteiger partial charge in [0.25, 0.3) is 0 Å². The van der Waals surface area contributed by atoms with Gasteiger partial charge in [0.2, 0.25) is 0 Å². The van der Waals surface area contributed by atoms with Crippen molar-refractivity contribution < 1.29 is 15.4 Å². The third-order valence-electron chi connectivity index (χ3n) is 2.60. The van der Waals surface area contributed by atoms with Crippen molar-refractivity contribution in [2.24, 2.45) is 0 Å². The van der Waals surface area contributed by atoms with Gasteiger partial charge in [-0.1, -0.05) is 0 Å². The van der Waals surface area contributed by atoms with E-state index in [-0.39, 0.29) is 5.48 Å². The van der Waals surface area contributed by atoms with Crippen LogP contribution in [0.3, 0.4) is 0 Å². The van der Waals surface area contributed by atoms with Gasteiger partial charge in [-0.25, -0.2) is 4.79 Å². The number of carboxylic acids is 1. The van der Waals surface area contributed by atoms with Gasteiger partial charge in [0, 0.05) is 31.9 Å². The zero-order chi connectivity index (χ0) is 10.7. The van der Waals surface area contributed by atoms with Gasteiger partial charge in [-0.05, 0) is 24.3 Å². The molecule has 1 aromatic carbocycles. The van der Waals surface area contributed by atoms with Gasteiger partial charge in [-0.2, -0.15) is 0 Å². The zero-order valence-corrected chi connectivity index (χ0v) is 8.94. The Kier molecular flexibility index (Phi) is 4.28. The average Bonchev–Trinajstić information content (AvgIpc) is 2.30. The fourth-order valence-electron chi connectivity index (χ4n) is 1.74. The summed E-state index contributed by atoms with van der Waals surface area (Å²) in [6.45, 7) is 3.93. The fourth-order valence-corrected chi connectivity index (χ4v) is 1.74. The Morgan fingerprint density at radius 3 is 2.25 bits per heavy atom. The van der Waals surface area contributed by atoms with Crippen molar-refractivity contribution in [3.8, 4) is 0 Å². The number of hydrogen-bond donors (Lipinski definition) is 2. The standard InChI is InChI=1S/C11H14N2O2.H2O/c14-11(15)9-1-3-10(4-2-9)13-7-5-12-6-8-13;/h1-4,12H,5-8H2,(H,14,15);1H2. The lowest BCUT2D eigenvalue weighted by atomic mass is 10.2. The molecular weight excluding hydrogens is 208 g/mol. The van der Waals surface area contributed by atoms with Crippen LogP contribution in [0.5, 0.6) is 0 Å². The molecular formula is C11H16N2O3. The van der Waals surface area contributed by atoms with Gasteiger partial charge in [-0.15, -0.1) is 0 Å². The first-order valence-corrected chi connectivity index (χ1v) is 5.06. The maximum atomic E-state index is 10.7. The Hall–Kier alpha value is -1.59. The van der Waals surface area contributed by atoms with Gasteiger partial charge < -0.3 is 20.8 Å². The second kappa shape index (κ2) is 5.48. The highest BCUT2D eigenvalue weighted by molar-refractivity contribution is 5.88. The molecule has 0 saturated carbocycles. The summed E-state index contributed by atoms with van der Waals surface area (Å²) in [4.78, 5) is 12.9. The van der Waals surface area contributed by atoms with E-state index >= 15 is 0 Å². The van der Waals surface area contributed by atoms with Crippen LogP contribution in [-0.2, 0) is 0 Å². The minimum Gasteiger partial charge on any atom is -0.478 e. The Bertz CT molecular complexity index is 345. The van der Waals surface area contributed by atoms with Gasteiger partial charge >= 0.3 is 5.97 Å². The van der Waals surface area contributed by atoms with Crippen LogP contribution in [0.1, 0.15) is 10.4 Å². The van der Waals surface area contributed by atoms with Gasteiger partial charge in [0.05, 0.1) is 5.56 Å². The number of carboxylic acid groups (broad SMARTS) is 1. The van der Waals surface area contributed by atoms with E-state index in [2.05, 4.69) is 10.2 Å². The summed E-state index contributed by atoms with van der Waals surface area (Å²) < 4.78 is 0. The number of rotatable bonds is 2. The van der Waals surface area contributed by atoms with Crippen LogP contribution in [0.25, 0.3) is 0 Å². The van der Waals surface area contributed by atoms with E-state index < -0.39 is 5.97 Å². The summed E-state index contributed by atoms with van der Waals surface area (Å²) in [6.07, 6.45) is 0. The summed E-state index contributed by atoms with van der Waals surface area (Å²) in [6, 6.07) is 7.04. The molecule has 2 rings (SSSR count). The highest BCUT2D eigenvalue weighted by atomic mass is 16.4. The topological polar surface area (TPSA) is 84.1 Å². The van der Waals surface area contributed by atoms with E-state index in [0.717, 1.165) is 31.9 Å². The van der Waals surface area contributed by atoms with E-state index in [1.807, 2.05) is 12.1 Å². The molecule has 4 N–H and O–H groups in total. The molecule has 0 aromatic heterocycles. The highest BCUT2D eigenvalue weighted by Crippen LogP contribution is 2.15. The lowest BCUT2D eigenvalue weighted by molar-refractivity contribution is 0.0697. The van der Waals surface area contributed by atoms with Crippen LogP contribution >= 0.6 is 0 Å². The minimum absolute atomic E-state index is 0. The SMILES string of the molecule is O.O=C(O)c1ccc(N2CCNCC2)cc1. The first kappa shape index (κ1) is 12.5. The molecule has 1 saturated heterocycles. The van der Waals surface area contributed by atoms with Gasteiger partial charge in [0.15, 0.2) is 0 Å². The molecule has 0 aliphatic carbocycles. The number of nitrogens with zero attached hydrogens (tertiary/aromatic N) is 1. The number of carbonyl (C=O) groups is 1. The molecule has 88 valence electrons. The second-order valence-electron chi connectivity index (χ2n) is 3.59. The van der Waals surface area contributed by atoms with Crippen molar-refractivity contribution in [2.45, 2.75) is 0 Å². The lowest BCUT2D eigenvalue weighted by Gasteiger charge is -2.29. The monoisotopic (exact) mass is 224 g/mol. The Labute approximate surface area is 94.0 Å². The average molecular weight is 224 g/mol. The van der Waals surface area contributed by atoms with E-state index in [1.165, 1.54) is 0 Å². The molecule has 5 heteroatoms. The number of aromatic carboxylic acids is 1. The molecule has 0 amide bonds. The molecule has 1 heterocycles. The van der Waals surface area contributed by atoms with Crippen molar-refractivity contribution in [3.05, 3.63) is 29.8 Å². The van der Waals surface area contributed by atoms with Crippen LogP contribution in [0, 0.1) is 0 Å². The predicted octanol–water partition coefficient (Wildman–Crippen LogP) is -0.0303. The fraction of sp³-hybridized carbons (Fsp3) is 0.364. The first-order valence-electron chi connectivity index (χ1n) is 5.06. The van der Waals surface area contributed by atoms with Crippen LogP contribution in [0.4, 0.5) is 5.69 Å².